The molecule has 30 heavy (non-hydrogen) atoms. The Morgan fingerprint density at radius 3 is 1.87 bits per heavy atom. The highest BCUT2D eigenvalue weighted by Gasteiger charge is 2.45. The van der Waals surface area contributed by atoms with E-state index in [1.54, 1.807) is 11.8 Å². The topological polar surface area (TPSA) is 52.6 Å². The van der Waals surface area contributed by atoms with Crippen molar-refractivity contribution < 1.29 is 19.1 Å². The molecule has 0 saturated carbocycles. The van der Waals surface area contributed by atoms with Crippen LogP contribution in [-0.2, 0) is 30.6 Å². The third-order valence-electron chi connectivity index (χ3n) is 4.54. The van der Waals surface area contributed by atoms with Gasteiger partial charge in [-0.2, -0.15) is 0 Å². The summed E-state index contributed by atoms with van der Waals surface area (Å²) in [5, 5.41) is 0.0423. The van der Waals surface area contributed by atoms with Gasteiger partial charge < -0.3 is 9.47 Å². The van der Waals surface area contributed by atoms with Gasteiger partial charge in [0.05, 0.1) is 9.83 Å². The fraction of sp³-hybridized carbons (Fsp3) is 0.391. The van der Waals surface area contributed by atoms with Gasteiger partial charge in [0.1, 0.15) is 6.10 Å². The lowest BCUT2D eigenvalue weighted by atomic mass is 10.1. The van der Waals surface area contributed by atoms with E-state index in [9.17, 15) is 9.59 Å². The Morgan fingerprint density at radius 2 is 1.40 bits per heavy atom. The Kier molecular flexibility index (Phi) is 9.03. The molecule has 3 rings (SSSR count). The fourth-order valence-electron chi connectivity index (χ4n) is 3.23. The average molecular weight is 463 g/mol. The van der Waals surface area contributed by atoms with Crippen LogP contribution in [0.15, 0.2) is 60.7 Å². The SMILES string of the molecule is CC(=O)O[C@@H]1[C@@H](C(SCc2ccccc2)SCc2ccccc2)SC[C@H]1OC(C)=O. The summed E-state index contributed by atoms with van der Waals surface area (Å²) in [7, 11) is 0. The molecular weight excluding hydrogens is 436 g/mol. The van der Waals surface area contributed by atoms with Gasteiger partial charge in [-0.1, -0.05) is 60.7 Å². The lowest BCUT2D eigenvalue weighted by Crippen LogP contribution is -2.40. The second kappa shape index (κ2) is 11.7. The van der Waals surface area contributed by atoms with Crippen molar-refractivity contribution in [1.82, 2.24) is 0 Å². The number of thioether (sulfide) groups is 3. The van der Waals surface area contributed by atoms with Crippen molar-refractivity contribution >= 4 is 47.2 Å². The number of esters is 2. The molecule has 0 spiro atoms. The second-order valence-electron chi connectivity index (χ2n) is 6.98. The molecule has 0 aromatic heterocycles. The van der Waals surface area contributed by atoms with Crippen LogP contribution in [0.2, 0.25) is 0 Å². The summed E-state index contributed by atoms with van der Waals surface area (Å²) in [6, 6.07) is 20.7. The van der Waals surface area contributed by atoms with Crippen LogP contribution in [0.5, 0.6) is 0 Å². The number of ether oxygens (including phenoxy) is 2. The van der Waals surface area contributed by atoms with Crippen molar-refractivity contribution in [3.63, 3.8) is 0 Å². The molecule has 0 unspecified atom stereocenters. The molecule has 1 fully saturated rings. The predicted octanol–water partition coefficient (Wildman–Crippen LogP) is 5.16. The summed E-state index contributed by atoms with van der Waals surface area (Å²) in [5.41, 5.74) is 2.52. The predicted molar refractivity (Wildman–Crippen MR) is 127 cm³/mol. The van der Waals surface area contributed by atoms with E-state index in [0.29, 0.717) is 5.75 Å². The van der Waals surface area contributed by atoms with Gasteiger partial charge in [0, 0.05) is 31.1 Å². The Labute approximate surface area is 190 Å². The van der Waals surface area contributed by atoms with Crippen molar-refractivity contribution in [2.45, 2.75) is 47.4 Å². The maximum atomic E-state index is 11.8. The van der Waals surface area contributed by atoms with Gasteiger partial charge in [0.2, 0.25) is 0 Å². The van der Waals surface area contributed by atoms with E-state index in [1.807, 2.05) is 59.9 Å². The Bertz CT molecular complexity index is 772. The van der Waals surface area contributed by atoms with Crippen molar-refractivity contribution in [3.8, 4) is 0 Å². The number of carbonyl (C=O) groups is 2. The molecule has 0 amide bonds. The first-order valence-corrected chi connectivity index (χ1v) is 12.9. The molecule has 3 atom stereocenters. The number of rotatable bonds is 9. The van der Waals surface area contributed by atoms with Crippen LogP contribution < -0.4 is 0 Å². The van der Waals surface area contributed by atoms with Crippen LogP contribution >= 0.6 is 35.3 Å². The Balaban J connectivity index is 1.75. The molecule has 7 heteroatoms. The van der Waals surface area contributed by atoms with Gasteiger partial charge in [-0.25, -0.2) is 0 Å². The summed E-state index contributed by atoms with van der Waals surface area (Å²) in [5.74, 6) is 1.69. The summed E-state index contributed by atoms with van der Waals surface area (Å²) in [4.78, 5) is 23.3. The fourth-order valence-corrected chi connectivity index (χ4v) is 8.00. The van der Waals surface area contributed by atoms with Crippen molar-refractivity contribution in [2.75, 3.05) is 5.75 Å². The molecule has 1 aliphatic rings. The van der Waals surface area contributed by atoms with Gasteiger partial charge in [-0.05, 0) is 11.1 Å². The normalized spacial score (nSPS) is 20.8. The van der Waals surface area contributed by atoms with Crippen LogP contribution in [-0.4, -0.2) is 39.7 Å². The Hall–Kier alpha value is -1.57. The molecule has 2 aromatic rings. The minimum absolute atomic E-state index is 0.0423. The van der Waals surface area contributed by atoms with E-state index in [4.69, 9.17) is 9.47 Å². The zero-order valence-corrected chi connectivity index (χ0v) is 19.5. The number of benzene rings is 2. The molecule has 0 aliphatic carbocycles. The zero-order chi connectivity index (χ0) is 21.3. The first-order valence-electron chi connectivity index (χ1n) is 9.80. The van der Waals surface area contributed by atoms with Gasteiger partial charge >= 0.3 is 11.9 Å². The highest BCUT2D eigenvalue weighted by molar-refractivity contribution is 8.17. The van der Waals surface area contributed by atoms with E-state index in [-0.39, 0.29) is 21.8 Å². The average Bonchev–Trinajstić information content (AvgIpc) is 3.10. The molecular formula is C23H26O4S3. The summed E-state index contributed by atoms with van der Waals surface area (Å²) in [6.07, 6.45) is -0.841. The monoisotopic (exact) mass is 462 g/mol. The van der Waals surface area contributed by atoms with E-state index >= 15 is 0 Å². The van der Waals surface area contributed by atoms with Gasteiger partial charge in [0.25, 0.3) is 0 Å². The first-order chi connectivity index (χ1) is 14.5. The lowest BCUT2D eigenvalue weighted by Gasteiger charge is -2.29. The van der Waals surface area contributed by atoms with E-state index < -0.39 is 12.2 Å². The van der Waals surface area contributed by atoms with Crippen LogP contribution in [0.3, 0.4) is 0 Å². The van der Waals surface area contributed by atoms with Crippen LogP contribution in [0, 0.1) is 0 Å². The van der Waals surface area contributed by atoms with Gasteiger partial charge in [-0.3, -0.25) is 9.59 Å². The number of carbonyl (C=O) groups excluding carboxylic acids is 2. The summed E-state index contributed by atoms with van der Waals surface area (Å²) < 4.78 is 11.3. The maximum Gasteiger partial charge on any atom is 0.303 e. The molecule has 0 N–H and O–H groups in total. The zero-order valence-electron chi connectivity index (χ0n) is 17.1. The molecule has 1 heterocycles. The molecule has 1 saturated heterocycles. The van der Waals surface area contributed by atoms with E-state index in [2.05, 4.69) is 24.3 Å². The molecule has 4 nitrogen and oxygen atoms in total. The molecule has 0 radical (unpaired) electrons. The Morgan fingerprint density at radius 1 is 0.900 bits per heavy atom. The van der Waals surface area contributed by atoms with E-state index in [1.165, 1.54) is 25.0 Å². The van der Waals surface area contributed by atoms with Gasteiger partial charge in [0.15, 0.2) is 6.10 Å². The minimum Gasteiger partial charge on any atom is -0.458 e. The summed E-state index contributed by atoms with van der Waals surface area (Å²) in [6.45, 7) is 2.81. The van der Waals surface area contributed by atoms with Crippen molar-refractivity contribution in [1.29, 1.82) is 0 Å². The molecule has 2 aromatic carbocycles. The second-order valence-corrected chi connectivity index (χ2v) is 10.8. The highest BCUT2D eigenvalue weighted by atomic mass is 32.2. The van der Waals surface area contributed by atoms with Crippen LogP contribution in [0.4, 0.5) is 0 Å². The largest absolute Gasteiger partial charge is 0.458 e. The molecule has 160 valence electrons. The van der Waals surface area contributed by atoms with E-state index in [0.717, 1.165) is 11.5 Å². The smallest absolute Gasteiger partial charge is 0.303 e. The van der Waals surface area contributed by atoms with Crippen molar-refractivity contribution in [2.24, 2.45) is 0 Å². The third-order valence-corrected chi connectivity index (χ3v) is 9.40. The van der Waals surface area contributed by atoms with Crippen LogP contribution in [0.25, 0.3) is 0 Å². The summed E-state index contributed by atoms with van der Waals surface area (Å²) >= 11 is 5.43. The number of hydrogen-bond acceptors (Lipinski definition) is 7. The first kappa shape index (κ1) is 23.1. The highest BCUT2D eigenvalue weighted by Crippen LogP contribution is 2.44. The van der Waals surface area contributed by atoms with Gasteiger partial charge in [-0.15, -0.1) is 35.3 Å². The van der Waals surface area contributed by atoms with Crippen molar-refractivity contribution in [3.05, 3.63) is 71.8 Å². The maximum absolute atomic E-state index is 11.8. The third kappa shape index (κ3) is 7.00. The minimum atomic E-state index is -0.437. The standard InChI is InChI=1S/C23H26O4S3/c1-16(24)26-20-15-28-22(21(20)27-17(2)25)23(29-13-18-9-5-3-6-10-18)30-14-19-11-7-4-8-12-19/h3-12,20-23H,13-15H2,1-2H3/t20-,21+,22+/m1/s1. The molecule has 1 aliphatic heterocycles. The number of hydrogen-bond donors (Lipinski definition) is 0. The van der Waals surface area contributed by atoms with Crippen LogP contribution in [0.1, 0.15) is 25.0 Å². The molecule has 0 bridgehead atoms. The quantitative estimate of drug-likeness (QED) is 0.377. The lowest BCUT2D eigenvalue weighted by molar-refractivity contribution is -0.162.